The molecular formula is C29H46O5. The van der Waals surface area contributed by atoms with E-state index < -0.39 is 23.6 Å². The molecule has 4 N–H and O–H groups in total. The first-order chi connectivity index (χ1) is 15.8. The summed E-state index contributed by atoms with van der Waals surface area (Å²) in [5, 5.41) is 44.2. The fourth-order valence-corrected chi connectivity index (χ4v) is 9.42. The van der Waals surface area contributed by atoms with Gasteiger partial charge in [-0.3, -0.25) is 0 Å². The Hall–Kier alpha value is -1.17. The van der Waals surface area contributed by atoms with Crippen molar-refractivity contribution < 1.29 is 25.2 Å². The molecule has 0 aliphatic heterocycles. The number of aliphatic carboxylic acids is 1. The third-order valence-electron chi connectivity index (χ3n) is 11.4. The van der Waals surface area contributed by atoms with Gasteiger partial charge in [0.1, 0.15) is 0 Å². The summed E-state index contributed by atoms with van der Waals surface area (Å²) < 4.78 is 0. The van der Waals surface area contributed by atoms with Gasteiger partial charge in [0.25, 0.3) is 0 Å². The molecule has 0 radical (unpaired) electrons. The maximum atomic E-state index is 12.3. The molecule has 4 rings (SSSR count). The molecule has 0 unspecified atom stereocenters. The highest BCUT2D eigenvalue weighted by Crippen LogP contribution is 2.74. The van der Waals surface area contributed by atoms with Gasteiger partial charge in [0, 0.05) is 11.0 Å². The van der Waals surface area contributed by atoms with Crippen LogP contribution in [0.5, 0.6) is 0 Å². The van der Waals surface area contributed by atoms with Crippen LogP contribution in [0.3, 0.4) is 0 Å². The molecule has 4 aliphatic carbocycles. The van der Waals surface area contributed by atoms with Gasteiger partial charge in [-0.15, -0.1) is 0 Å². The third-order valence-corrected chi connectivity index (χ3v) is 11.4. The first-order valence-electron chi connectivity index (χ1n) is 13.4. The average molecular weight is 475 g/mol. The van der Waals surface area contributed by atoms with Crippen molar-refractivity contribution in [2.45, 2.75) is 111 Å². The van der Waals surface area contributed by atoms with E-state index in [1.807, 2.05) is 13.8 Å². The van der Waals surface area contributed by atoms with Crippen LogP contribution in [0.2, 0.25) is 0 Å². The molecule has 0 spiro atoms. The lowest BCUT2D eigenvalue weighted by Crippen LogP contribution is -2.70. The molecule has 5 heteroatoms. The fourth-order valence-electron chi connectivity index (χ4n) is 9.42. The zero-order valence-corrected chi connectivity index (χ0v) is 22.0. The summed E-state index contributed by atoms with van der Waals surface area (Å²) in [6.45, 7) is 12.9. The molecule has 5 nitrogen and oxygen atoms in total. The molecule has 0 aromatic rings. The summed E-state index contributed by atoms with van der Waals surface area (Å²) in [5.74, 6) is -0.654. The van der Waals surface area contributed by atoms with E-state index in [-0.39, 0.29) is 40.6 Å². The topological polar surface area (TPSA) is 98.0 Å². The number of hydrogen-bond donors (Lipinski definition) is 4. The molecule has 0 bridgehead atoms. The van der Waals surface area contributed by atoms with Crippen LogP contribution in [0, 0.1) is 39.9 Å². The summed E-state index contributed by atoms with van der Waals surface area (Å²) >= 11 is 0. The molecule has 0 saturated heterocycles. The van der Waals surface area contributed by atoms with E-state index in [2.05, 4.69) is 33.8 Å². The second-order valence-electron chi connectivity index (χ2n) is 13.0. The van der Waals surface area contributed by atoms with E-state index in [4.69, 9.17) is 0 Å². The van der Waals surface area contributed by atoms with Gasteiger partial charge in [0.2, 0.25) is 0 Å². The predicted molar refractivity (Wildman–Crippen MR) is 133 cm³/mol. The minimum absolute atomic E-state index is 0.0250. The highest BCUT2D eigenvalue weighted by atomic mass is 16.4. The van der Waals surface area contributed by atoms with Crippen molar-refractivity contribution in [1.82, 2.24) is 0 Å². The van der Waals surface area contributed by atoms with Crippen molar-refractivity contribution in [3.05, 3.63) is 22.8 Å². The van der Waals surface area contributed by atoms with Crippen LogP contribution >= 0.6 is 0 Å². The quantitative estimate of drug-likeness (QED) is 0.336. The zero-order chi connectivity index (χ0) is 25.2. The fraction of sp³-hybridized carbons (Fsp3) is 0.828. The molecule has 10 atom stereocenters. The molecular weight excluding hydrogens is 428 g/mol. The zero-order valence-electron chi connectivity index (χ0n) is 22.0. The molecule has 0 aromatic heterocycles. The number of aliphatic hydroxyl groups is 3. The average Bonchev–Trinajstić information content (AvgIpc) is 3.08. The molecule has 4 fully saturated rings. The van der Waals surface area contributed by atoms with Gasteiger partial charge < -0.3 is 20.4 Å². The molecule has 4 aliphatic rings. The highest BCUT2D eigenvalue weighted by Gasteiger charge is 2.72. The SMILES string of the molecule is CC(C)=CCC/C(C(=O)O)=C1\CC[C@@]2(C)[C@H]1C[C@@H](O)[C@H]1[C@@]3(C)CC[C@@H](O)[C@@H](C)[C@@H]3C[C@H](O)[C@@]12C. The first kappa shape index (κ1) is 25.9. The second-order valence-corrected chi connectivity index (χ2v) is 13.0. The standard InChI is InChI=1S/C29H46O5/c1-16(2)8-7-9-19(26(33)34)18-10-13-28(5)21(18)14-23(31)25-27(4)12-11-22(30)17(3)20(27)15-24(32)29(25,28)6/h8,17,20-25,30-32H,7,9-15H2,1-6H3,(H,33,34)/b19-18-/t17-,20-,21-,22+,23+,24-,25-,27-,28-,29-/m0/s1. The van der Waals surface area contributed by atoms with Gasteiger partial charge in [-0.05, 0) is 99.7 Å². The van der Waals surface area contributed by atoms with Gasteiger partial charge in [-0.1, -0.05) is 44.9 Å². The number of fused-ring (bicyclic) bond motifs is 5. The summed E-state index contributed by atoms with van der Waals surface area (Å²) in [6, 6.07) is 0. The molecule has 0 heterocycles. The van der Waals surface area contributed by atoms with Crippen LogP contribution in [0.25, 0.3) is 0 Å². The number of carbonyl (C=O) groups is 1. The monoisotopic (exact) mass is 474 g/mol. The van der Waals surface area contributed by atoms with Crippen LogP contribution in [0.1, 0.15) is 92.9 Å². The van der Waals surface area contributed by atoms with Gasteiger partial charge >= 0.3 is 5.97 Å². The number of rotatable bonds is 4. The number of carboxylic acid groups (broad SMARTS) is 1. The van der Waals surface area contributed by atoms with Gasteiger partial charge in [-0.25, -0.2) is 4.79 Å². The van der Waals surface area contributed by atoms with Gasteiger partial charge in [0.15, 0.2) is 0 Å². The summed E-state index contributed by atoms with van der Waals surface area (Å²) in [6.07, 6.45) is 6.18. The molecule has 192 valence electrons. The lowest BCUT2D eigenvalue weighted by Gasteiger charge is -2.70. The van der Waals surface area contributed by atoms with Crippen molar-refractivity contribution in [3.63, 3.8) is 0 Å². The number of carboxylic acids is 1. The van der Waals surface area contributed by atoms with E-state index in [0.29, 0.717) is 31.3 Å². The Bertz CT molecular complexity index is 887. The minimum atomic E-state index is -0.838. The van der Waals surface area contributed by atoms with Crippen molar-refractivity contribution in [3.8, 4) is 0 Å². The summed E-state index contributed by atoms with van der Waals surface area (Å²) in [5.41, 5.74) is 1.79. The minimum Gasteiger partial charge on any atom is -0.478 e. The maximum absolute atomic E-state index is 12.3. The van der Waals surface area contributed by atoms with Crippen molar-refractivity contribution in [2.75, 3.05) is 0 Å². The maximum Gasteiger partial charge on any atom is 0.331 e. The Kier molecular flexibility index (Phi) is 6.66. The number of aliphatic hydroxyl groups excluding tert-OH is 3. The largest absolute Gasteiger partial charge is 0.478 e. The smallest absolute Gasteiger partial charge is 0.331 e. The Balaban J connectivity index is 1.77. The van der Waals surface area contributed by atoms with Gasteiger partial charge in [0.05, 0.1) is 18.3 Å². The summed E-state index contributed by atoms with van der Waals surface area (Å²) in [7, 11) is 0. The van der Waals surface area contributed by atoms with Crippen molar-refractivity contribution >= 4 is 5.97 Å². The highest BCUT2D eigenvalue weighted by molar-refractivity contribution is 5.87. The molecule has 0 amide bonds. The third kappa shape index (κ3) is 3.56. The van der Waals surface area contributed by atoms with Crippen molar-refractivity contribution in [2.24, 2.45) is 39.9 Å². The number of allylic oxidation sites excluding steroid dienone is 3. The predicted octanol–water partition coefficient (Wildman–Crippen LogP) is 5.10. The summed E-state index contributed by atoms with van der Waals surface area (Å²) in [4.78, 5) is 12.3. The van der Waals surface area contributed by atoms with E-state index in [1.165, 1.54) is 5.57 Å². The Morgan fingerprint density at radius 2 is 1.74 bits per heavy atom. The van der Waals surface area contributed by atoms with Gasteiger partial charge in [-0.2, -0.15) is 0 Å². The van der Waals surface area contributed by atoms with Crippen LogP contribution < -0.4 is 0 Å². The van der Waals surface area contributed by atoms with E-state index in [1.54, 1.807) is 0 Å². The molecule has 4 saturated carbocycles. The second kappa shape index (κ2) is 8.74. The van der Waals surface area contributed by atoms with E-state index in [9.17, 15) is 25.2 Å². The number of hydrogen-bond acceptors (Lipinski definition) is 4. The lowest BCUT2D eigenvalue weighted by molar-refractivity contribution is -0.272. The Labute approximate surface area is 205 Å². The normalized spacial score (nSPS) is 49.5. The van der Waals surface area contributed by atoms with Crippen LogP contribution in [0.4, 0.5) is 0 Å². The van der Waals surface area contributed by atoms with E-state index in [0.717, 1.165) is 31.3 Å². The lowest BCUT2D eigenvalue weighted by atomic mass is 9.35. The van der Waals surface area contributed by atoms with Crippen LogP contribution in [-0.4, -0.2) is 44.7 Å². The molecule has 0 aromatic carbocycles. The van der Waals surface area contributed by atoms with Crippen LogP contribution in [-0.2, 0) is 4.79 Å². The first-order valence-corrected chi connectivity index (χ1v) is 13.4. The Morgan fingerprint density at radius 1 is 1.06 bits per heavy atom. The van der Waals surface area contributed by atoms with E-state index >= 15 is 0 Å². The van der Waals surface area contributed by atoms with Crippen molar-refractivity contribution in [1.29, 1.82) is 0 Å². The Morgan fingerprint density at radius 3 is 2.35 bits per heavy atom. The molecule has 34 heavy (non-hydrogen) atoms. The van der Waals surface area contributed by atoms with Crippen LogP contribution in [0.15, 0.2) is 22.8 Å².